The van der Waals surface area contributed by atoms with Gasteiger partial charge < -0.3 is 39.2 Å². The molecule has 0 bridgehead atoms. The second-order valence-electron chi connectivity index (χ2n) is 12.6. The van der Waals surface area contributed by atoms with Gasteiger partial charge in [0.25, 0.3) is 0 Å². The van der Waals surface area contributed by atoms with Gasteiger partial charge in [-0.2, -0.15) is 0 Å². The zero-order chi connectivity index (χ0) is 35.9. The Bertz CT molecular complexity index is 721. The van der Waals surface area contributed by atoms with Gasteiger partial charge in [-0.3, -0.25) is 0 Å². The van der Waals surface area contributed by atoms with E-state index in [4.69, 9.17) is 48.9 Å². The molecule has 0 aromatic heterocycles. The van der Waals surface area contributed by atoms with Crippen molar-refractivity contribution >= 4 is 69.3 Å². The number of rotatable bonds is 8. The Balaban J connectivity index is 0.000000623. The fraction of sp³-hybridized carbons (Fsp3) is 0.889. The summed E-state index contributed by atoms with van der Waals surface area (Å²) < 4.78 is 0. The maximum absolute atomic E-state index is 5.39. The van der Waals surface area contributed by atoms with Crippen LogP contribution >= 0.6 is 48.9 Å². The molecule has 4 aliphatic rings. The number of thiocarbonyl (C=S) groups is 4. The molecule has 0 aromatic carbocycles. The van der Waals surface area contributed by atoms with Gasteiger partial charge in [0.2, 0.25) is 0 Å². The normalized spacial score (nSPS) is 19.3. The Morgan fingerprint density at radius 2 is 0.388 bits per heavy atom. The summed E-state index contributed by atoms with van der Waals surface area (Å²) in [4.78, 5) is 18.4. The van der Waals surface area contributed by atoms with Gasteiger partial charge in [0.1, 0.15) is 0 Å². The molecule has 49 heavy (non-hydrogen) atoms. The van der Waals surface area contributed by atoms with E-state index < -0.39 is 0 Å². The molecule has 0 aromatic rings. The van der Waals surface area contributed by atoms with Crippen molar-refractivity contribution in [3.8, 4) is 0 Å². The van der Waals surface area contributed by atoms with Crippen LogP contribution in [0.4, 0.5) is 0 Å². The zero-order valence-corrected chi connectivity index (χ0v) is 38.0. The van der Waals surface area contributed by atoms with E-state index in [9.17, 15) is 0 Å². The molecular formula is C36H72N8PtS4. The minimum Gasteiger partial charge on any atom is -0.349 e. The van der Waals surface area contributed by atoms with Crippen molar-refractivity contribution in [2.45, 2.75) is 107 Å². The van der Waals surface area contributed by atoms with Crippen molar-refractivity contribution in [3.05, 3.63) is 0 Å². The Morgan fingerprint density at radius 3 is 0.469 bits per heavy atom. The Hall–Kier alpha value is -0.552. The molecule has 0 saturated carbocycles. The maximum atomic E-state index is 5.39. The molecule has 0 amide bonds. The topological polar surface area (TPSA) is 25.9 Å². The summed E-state index contributed by atoms with van der Waals surface area (Å²) in [6, 6.07) is 0. The second kappa shape index (κ2) is 29.0. The maximum Gasteiger partial charge on any atom is 0.171 e. The summed E-state index contributed by atoms with van der Waals surface area (Å²) in [5.74, 6) is 0. The van der Waals surface area contributed by atoms with Crippen LogP contribution in [0.25, 0.3) is 0 Å². The molecule has 290 valence electrons. The standard InChI is InChI=1S/4C9H18N2S.Pt/c4*1-3-10-7-5-6-8-11(4-2)9(10)12;/h4*3-8H2,1-2H3;. The molecule has 0 atom stereocenters. The van der Waals surface area contributed by atoms with Crippen LogP contribution in [0.5, 0.6) is 0 Å². The number of hydrogen-bond acceptors (Lipinski definition) is 4. The van der Waals surface area contributed by atoms with E-state index in [-0.39, 0.29) is 21.1 Å². The van der Waals surface area contributed by atoms with Crippen LogP contribution in [0, 0.1) is 0 Å². The van der Waals surface area contributed by atoms with E-state index in [0.717, 1.165) is 125 Å². The van der Waals surface area contributed by atoms with Crippen LogP contribution in [-0.2, 0) is 21.1 Å². The molecule has 0 aliphatic carbocycles. The first-order valence-corrected chi connectivity index (χ1v) is 21.0. The summed E-state index contributed by atoms with van der Waals surface area (Å²) in [5.41, 5.74) is 0. The molecule has 4 fully saturated rings. The molecule has 0 unspecified atom stereocenters. The van der Waals surface area contributed by atoms with Crippen LogP contribution in [0.1, 0.15) is 107 Å². The van der Waals surface area contributed by atoms with E-state index in [1.807, 2.05) is 0 Å². The Labute approximate surface area is 338 Å². The minimum absolute atomic E-state index is 0. The molecule has 4 aliphatic heterocycles. The van der Waals surface area contributed by atoms with E-state index in [0.29, 0.717) is 0 Å². The largest absolute Gasteiger partial charge is 0.349 e. The van der Waals surface area contributed by atoms with Gasteiger partial charge >= 0.3 is 0 Å². The smallest absolute Gasteiger partial charge is 0.171 e. The summed E-state index contributed by atoms with van der Waals surface area (Å²) in [6.45, 7) is 34.9. The quantitative estimate of drug-likeness (QED) is 0.239. The molecule has 8 nitrogen and oxygen atoms in total. The molecular weight excluding hydrogens is 868 g/mol. The van der Waals surface area contributed by atoms with Crippen molar-refractivity contribution in [3.63, 3.8) is 0 Å². The molecule has 0 radical (unpaired) electrons. The number of nitrogens with zero attached hydrogens (tertiary/aromatic N) is 8. The minimum atomic E-state index is 0. The second-order valence-corrected chi connectivity index (χ2v) is 14.1. The molecule has 4 rings (SSSR count). The van der Waals surface area contributed by atoms with Crippen molar-refractivity contribution in [1.29, 1.82) is 0 Å². The van der Waals surface area contributed by atoms with Gasteiger partial charge in [-0.25, -0.2) is 0 Å². The molecule has 13 heteroatoms. The fourth-order valence-corrected chi connectivity index (χ4v) is 8.10. The van der Waals surface area contributed by atoms with Crippen LogP contribution in [0.15, 0.2) is 0 Å². The molecule has 4 saturated heterocycles. The molecule has 4 heterocycles. The first-order valence-electron chi connectivity index (χ1n) is 19.3. The molecule has 0 spiro atoms. The van der Waals surface area contributed by atoms with Crippen molar-refractivity contribution in [2.24, 2.45) is 0 Å². The molecule has 0 N–H and O–H groups in total. The summed E-state index contributed by atoms with van der Waals surface area (Å²) in [7, 11) is 0. The third-order valence-corrected chi connectivity index (χ3v) is 11.7. The summed E-state index contributed by atoms with van der Waals surface area (Å²) in [6.07, 6.45) is 10.3. The third kappa shape index (κ3) is 17.2. The van der Waals surface area contributed by atoms with Gasteiger partial charge in [-0.1, -0.05) is 0 Å². The Kier molecular flexibility index (Phi) is 28.6. The monoisotopic (exact) mass is 939 g/mol. The van der Waals surface area contributed by atoms with Crippen LogP contribution in [0.2, 0.25) is 0 Å². The van der Waals surface area contributed by atoms with Crippen molar-refractivity contribution < 1.29 is 21.1 Å². The van der Waals surface area contributed by atoms with Gasteiger partial charge in [-0.15, -0.1) is 0 Å². The van der Waals surface area contributed by atoms with Crippen LogP contribution in [-0.4, -0.2) is 164 Å². The average Bonchev–Trinajstić information content (AvgIpc) is 3.58. The zero-order valence-electron chi connectivity index (χ0n) is 32.5. The number of hydrogen-bond donors (Lipinski definition) is 0. The predicted octanol–water partition coefficient (Wildman–Crippen LogP) is 6.83. The van der Waals surface area contributed by atoms with Crippen molar-refractivity contribution in [1.82, 2.24) is 39.2 Å². The van der Waals surface area contributed by atoms with E-state index in [1.165, 1.54) is 51.4 Å². The van der Waals surface area contributed by atoms with Gasteiger partial charge in [0.05, 0.1) is 0 Å². The van der Waals surface area contributed by atoms with E-state index in [1.54, 1.807) is 0 Å². The van der Waals surface area contributed by atoms with Crippen LogP contribution < -0.4 is 0 Å². The van der Waals surface area contributed by atoms with Gasteiger partial charge in [0, 0.05) is 126 Å². The van der Waals surface area contributed by atoms with Gasteiger partial charge in [-0.05, 0) is 156 Å². The first kappa shape index (κ1) is 48.4. The Morgan fingerprint density at radius 1 is 0.286 bits per heavy atom. The average molecular weight is 940 g/mol. The van der Waals surface area contributed by atoms with Crippen molar-refractivity contribution in [2.75, 3.05) is 105 Å². The summed E-state index contributed by atoms with van der Waals surface area (Å²) >= 11 is 21.5. The summed E-state index contributed by atoms with van der Waals surface area (Å²) in [5, 5.41) is 4.21. The van der Waals surface area contributed by atoms with Crippen LogP contribution in [0.3, 0.4) is 0 Å². The third-order valence-electron chi connectivity index (χ3n) is 9.64. The predicted molar refractivity (Wildman–Crippen MR) is 225 cm³/mol. The fourth-order valence-electron chi connectivity index (χ4n) is 6.33. The SMILES string of the molecule is CCN1CCCCN(CC)C1=S.CCN1CCCCN(CC)C1=S.CCN1CCCCN(CC)C1=S.CCN1CCCCN(CC)C1=S.[Pt]. The van der Waals surface area contributed by atoms with E-state index in [2.05, 4.69) is 94.6 Å². The first-order chi connectivity index (χ1) is 23.2. The van der Waals surface area contributed by atoms with E-state index >= 15 is 0 Å². The van der Waals surface area contributed by atoms with Gasteiger partial charge in [0.15, 0.2) is 20.4 Å².